The minimum atomic E-state index is -2.67. The minimum Gasteiger partial charge on any atom is -0.460 e. The van der Waals surface area contributed by atoms with Crippen molar-refractivity contribution in [3.05, 3.63) is 24.8 Å². The van der Waals surface area contributed by atoms with Crippen molar-refractivity contribution in [1.82, 2.24) is 0 Å². The van der Waals surface area contributed by atoms with Crippen molar-refractivity contribution in [2.75, 3.05) is 21.3 Å². The molecule has 0 fully saturated rings. The third-order valence-corrected chi connectivity index (χ3v) is 5.36. The van der Waals surface area contributed by atoms with Gasteiger partial charge >= 0.3 is 14.8 Å². The average molecular weight is 367 g/mol. The van der Waals surface area contributed by atoms with Gasteiger partial charge in [-0.3, -0.25) is 4.79 Å². The van der Waals surface area contributed by atoms with Crippen molar-refractivity contribution in [1.29, 1.82) is 0 Å². The first-order valence-corrected chi connectivity index (χ1v) is 8.52. The van der Waals surface area contributed by atoms with Crippen LogP contribution in [0.25, 0.3) is 0 Å². The van der Waals surface area contributed by atoms with Gasteiger partial charge in [-0.1, -0.05) is 12.7 Å². The van der Waals surface area contributed by atoms with Crippen LogP contribution in [0.1, 0.15) is 13.8 Å². The van der Waals surface area contributed by atoms with Gasteiger partial charge in [0.1, 0.15) is 12.4 Å². The highest BCUT2D eigenvalue weighted by Gasteiger charge is 2.40. The monoisotopic (exact) mass is 366 g/mol. The Labute approximate surface area is 143 Å². The summed E-state index contributed by atoms with van der Waals surface area (Å²) in [5, 5.41) is 8.44. The fourth-order valence-corrected chi connectivity index (χ4v) is 3.13. The largest absolute Gasteiger partial charge is 0.503 e. The van der Waals surface area contributed by atoms with Crippen LogP contribution in [0.15, 0.2) is 24.8 Å². The summed E-state index contributed by atoms with van der Waals surface area (Å²) in [5.41, 5.74) is 0. The molecule has 2 atom stereocenters. The van der Waals surface area contributed by atoms with E-state index in [0.717, 1.165) is 6.08 Å². The summed E-state index contributed by atoms with van der Waals surface area (Å²) in [5.74, 6) is -0.464. The normalized spacial score (nSPS) is 13.1. The van der Waals surface area contributed by atoms with E-state index < -0.39 is 20.9 Å². The highest BCUT2D eigenvalue weighted by Crippen LogP contribution is 2.17. The van der Waals surface area contributed by atoms with E-state index in [1.165, 1.54) is 33.5 Å². The summed E-state index contributed by atoms with van der Waals surface area (Å²) in [7, 11) is 1.87. The molecular formula is C14H30O7Si2. The topological polar surface area (TPSA) is 91.3 Å². The van der Waals surface area contributed by atoms with Crippen LogP contribution in [0, 0.1) is 0 Å². The van der Waals surface area contributed by atoms with Gasteiger partial charge in [0.25, 0.3) is 0 Å². The molecule has 23 heavy (non-hydrogen) atoms. The molecule has 0 heterocycles. The van der Waals surface area contributed by atoms with Crippen molar-refractivity contribution >= 4 is 32.0 Å². The Kier molecular flexibility index (Phi) is 18.4. The molecule has 0 aromatic carbocycles. The Balaban J connectivity index is -0.000000425. The number of rotatable bonds is 9. The predicted octanol–water partition coefficient (Wildman–Crippen LogP) is -0.347. The van der Waals surface area contributed by atoms with Crippen molar-refractivity contribution in [2.24, 2.45) is 0 Å². The lowest BCUT2D eigenvalue weighted by Crippen LogP contribution is -2.45. The molecular weight excluding hydrogens is 336 g/mol. The molecule has 0 saturated carbocycles. The molecule has 0 rings (SSSR count). The number of hydrogen-bond donors (Lipinski definition) is 1. The molecule has 0 amide bonds. The predicted molar refractivity (Wildman–Crippen MR) is 95.6 cm³/mol. The summed E-state index contributed by atoms with van der Waals surface area (Å²) in [6.45, 7) is 6.65. The summed E-state index contributed by atoms with van der Waals surface area (Å²) >= 11 is 0. The van der Waals surface area contributed by atoms with E-state index in [9.17, 15) is 9.59 Å². The van der Waals surface area contributed by atoms with Gasteiger partial charge < -0.3 is 23.1 Å². The molecule has 0 aliphatic heterocycles. The molecule has 0 saturated heterocycles. The van der Waals surface area contributed by atoms with Crippen molar-refractivity contribution < 1.29 is 32.7 Å². The molecule has 7 nitrogen and oxygen atoms in total. The zero-order valence-corrected chi connectivity index (χ0v) is 14.8. The maximum Gasteiger partial charge on any atom is 0.503 e. The van der Waals surface area contributed by atoms with Gasteiger partial charge in [0.05, 0.1) is 12.1 Å². The fourth-order valence-electron chi connectivity index (χ4n) is 1.35. The van der Waals surface area contributed by atoms with Crippen molar-refractivity contribution in [3.8, 4) is 0 Å². The molecule has 0 aromatic rings. The maximum atomic E-state index is 10.9. The SMILES string of the molecule is C=CC(=O)OC(C)C[Si](OC)(OC)OC.CC(O)C=CC=O.[SiH4]. The van der Waals surface area contributed by atoms with Gasteiger partial charge in [0, 0.05) is 27.4 Å². The first-order valence-electron chi connectivity index (χ1n) is 6.59. The van der Waals surface area contributed by atoms with Gasteiger partial charge in [0.2, 0.25) is 0 Å². The van der Waals surface area contributed by atoms with Crippen LogP contribution in [-0.4, -0.2) is 70.7 Å². The Morgan fingerprint density at radius 2 is 1.70 bits per heavy atom. The Bertz CT molecular complexity index is 347. The molecule has 0 radical (unpaired) electrons. The zero-order valence-electron chi connectivity index (χ0n) is 13.8. The second-order valence-corrected chi connectivity index (χ2v) is 7.21. The number of esters is 1. The van der Waals surface area contributed by atoms with Crippen molar-refractivity contribution in [2.45, 2.75) is 32.1 Å². The third kappa shape index (κ3) is 14.2. The molecule has 0 aromatic heterocycles. The smallest absolute Gasteiger partial charge is 0.460 e. The van der Waals surface area contributed by atoms with E-state index >= 15 is 0 Å². The lowest BCUT2D eigenvalue weighted by molar-refractivity contribution is -0.141. The molecule has 0 bridgehead atoms. The Morgan fingerprint density at radius 3 is 1.96 bits per heavy atom. The van der Waals surface area contributed by atoms with Crippen LogP contribution in [0.5, 0.6) is 0 Å². The second kappa shape index (κ2) is 15.8. The van der Waals surface area contributed by atoms with Gasteiger partial charge in [-0.15, -0.1) is 0 Å². The van der Waals surface area contributed by atoms with Crippen LogP contribution >= 0.6 is 0 Å². The van der Waals surface area contributed by atoms with E-state index in [1.54, 1.807) is 13.8 Å². The second-order valence-electron chi connectivity index (χ2n) is 4.21. The van der Waals surface area contributed by atoms with Crippen LogP contribution in [0.3, 0.4) is 0 Å². The Hall–Kier alpha value is -1.11. The number of hydrogen-bond acceptors (Lipinski definition) is 7. The summed E-state index contributed by atoms with van der Waals surface area (Å²) in [6, 6.07) is 0.413. The van der Waals surface area contributed by atoms with Crippen LogP contribution in [0.4, 0.5) is 0 Å². The molecule has 0 aliphatic carbocycles. The molecule has 0 aliphatic rings. The van der Waals surface area contributed by atoms with Gasteiger partial charge in [-0.05, 0) is 30.9 Å². The number of allylic oxidation sites excluding steroid dienone is 1. The lowest BCUT2D eigenvalue weighted by Gasteiger charge is -2.26. The molecule has 136 valence electrons. The summed E-state index contributed by atoms with van der Waals surface area (Å²) in [6.07, 6.45) is 3.59. The first kappa shape index (κ1) is 26.8. The number of carbonyl (C=O) groups is 2. The quantitative estimate of drug-likeness (QED) is 0.258. The van der Waals surface area contributed by atoms with E-state index in [1.807, 2.05) is 0 Å². The van der Waals surface area contributed by atoms with E-state index in [-0.39, 0.29) is 17.1 Å². The van der Waals surface area contributed by atoms with Crippen LogP contribution in [-0.2, 0) is 27.6 Å². The number of ether oxygens (including phenoxy) is 1. The van der Waals surface area contributed by atoms with E-state index in [4.69, 9.17) is 23.1 Å². The fraction of sp³-hybridized carbons (Fsp3) is 0.571. The summed E-state index contributed by atoms with van der Waals surface area (Å²) < 4.78 is 20.6. The van der Waals surface area contributed by atoms with Gasteiger partial charge in [-0.2, -0.15) is 0 Å². The number of aliphatic hydroxyl groups excluding tert-OH is 1. The average Bonchev–Trinajstić information content (AvgIpc) is 2.51. The van der Waals surface area contributed by atoms with Crippen LogP contribution < -0.4 is 0 Å². The standard InChI is InChI=1S/C9H18O5Si.C5H8O2.H4Si/c1-6-9(10)14-8(2)7-15(11-3,12-4)13-5;1-5(7)3-2-4-6;/h6,8H,1,7H2,2-5H3;2-5,7H,1H3;1H4. The Morgan fingerprint density at radius 1 is 1.22 bits per heavy atom. The van der Waals surface area contributed by atoms with Gasteiger partial charge in [-0.25, -0.2) is 4.79 Å². The number of aldehydes is 1. The van der Waals surface area contributed by atoms with Gasteiger partial charge in [0.15, 0.2) is 0 Å². The highest BCUT2D eigenvalue weighted by atomic mass is 28.4. The third-order valence-electron chi connectivity index (χ3n) is 2.42. The van der Waals surface area contributed by atoms with E-state index in [2.05, 4.69) is 6.58 Å². The summed E-state index contributed by atoms with van der Waals surface area (Å²) in [4.78, 5) is 20.4. The zero-order chi connectivity index (χ0) is 17.6. The molecule has 2 unspecified atom stereocenters. The minimum absolute atomic E-state index is 0. The first-order chi connectivity index (χ1) is 10.3. The molecule has 9 heteroatoms. The van der Waals surface area contributed by atoms with Crippen LogP contribution in [0.2, 0.25) is 6.04 Å². The maximum absolute atomic E-state index is 10.9. The van der Waals surface area contributed by atoms with Crippen molar-refractivity contribution in [3.63, 3.8) is 0 Å². The molecule has 1 N–H and O–H groups in total. The molecule has 0 spiro atoms. The number of carbonyl (C=O) groups excluding carboxylic acids is 2. The highest BCUT2D eigenvalue weighted by molar-refractivity contribution is 6.60. The van der Waals surface area contributed by atoms with E-state index in [0.29, 0.717) is 12.3 Å². The number of aliphatic hydroxyl groups is 1. The lowest BCUT2D eigenvalue weighted by atomic mass is 10.4.